The Morgan fingerprint density at radius 3 is 2.59 bits per heavy atom. The van der Waals surface area contributed by atoms with Crippen molar-refractivity contribution >= 4 is 11.2 Å². The quantitative estimate of drug-likeness (QED) is 0.624. The predicted molar refractivity (Wildman–Crippen MR) is 64.1 cm³/mol. The van der Waals surface area contributed by atoms with Crippen molar-refractivity contribution in [2.24, 2.45) is 7.05 Å². The maximum atomic E-state index is 11.8. The van der Waals surface area contributed by atoms with Crippen LogP contribution in [-0.4, -0.2) is 19.1 Å². The highest BCUT2D eigenvalue weighted by Crippen LogP contribution is 2.12. The fourth-order valence-corrected chi connectivity index (χ4v) is 1.75. The zero-order valence-electron chi connectivity index (χ0n) is 9.24. The van der Waals surface area contributed by atoms with Gasteiger partial charge in [-0.2, -0.15) is 0 Å². The summed E-state index contributed by atoms with van der Waals surface area (Å²) in [6.07, 6.45) is 3.13. The summed E-state index contributed by atoms with van der Waals surface area (Å²) in [5, 5.41) is 0. The minimum atomic E-state index is -0.135. The summed E-state index contributed by atoms with van der Waals surface area (Å²) >= 11 is 0. The number of para-hydroxylation sites is 1. The molecule has 17 heavy (non-hydrogen) atoms. The van der Waals surface area contributed by atoms with Crippen LogP contribution in [-0.2, 0) is 7.05 Å². The van der Waals surface area contributed by atoms with Crippen LogP contribution in [0, 0.1) is 0 Å². The van der Waals surface area contributed by atoms with E-state index in [2.05, 4.69) is 9.97 Å². The SMILES string of the molecule is Cn1cnc2c(ncn2-c2ccccc2)c1=O. The molecule has 0 saturated carbocycles. The minimum absolute atomic E-state index is 0.135. The molecular weight excluding hydrogens is 216 g/mol. The van der Waals surface area contributed by atoms with E-state index >= 15 is 0 Å². The molecule has 0 fully saturated rings. The maximum Gasteiger partial charge on any atom is 0.281 e. The van der Waals surface area contributed by atoms with Crippen LogP contribution in [0.5, 0.6) is 0 Å². The summed E-state index contributed by atoms with van der Waals surface area (Å²) in [7, 11) is 1.66. The maximum absolute atomic E-state index is 11.8. The number of hydrogen-bond donors (Lipinski definition) is 0. The molecule has 0 bridgehead atoms. The second-order valence-electron chi connectivity index (χ2n) is 3.78. The number of aryl methyl sites for hydroxylation is 1. The minimum Gasteiger partial charge on any atom is -0.300 e. The van der Waals surface area contributed by atoms with Gasteiger partial charge in [-0.3, -0.25) is 9.36 Å². The van der Waals surface area contributed by atoms with Gasteiger partial charge in [0.15, 0.2) is 11.2 Å². The average Bonchev–Trinajstić information content (AvgIpc) is 2.79. The number of fused-ring (bicyclic) bond motifs is 1. The number of hydrogen-bond acceptors (Lipinski definition) is 3. The van der Waals surface area contributed by atoms with Crippen molar-refractivity contribution in [2.45, 2.75) is 0 Å². The highest BCUT2D eigenvalue weighted by molar-refractivity contribution is 5.71. The lowest BCUT2D eigenvalue weighted by atomic mass is 10.3. The third-order valence-corrected chi connectivity index (χ3v) is 2.65. The van der Waals surface area contributed by atoms with Crippen LogP contribution < -0.4 is 5.56 Å². The first-order valence-electron chi connectivity index (χ1n) is 5.21. The van der Waals surface area contributed by atoms with Crippen LogP contribution in [0.3, 0.4) is 0 Å². The Kier molecular flexibility index (Phi) is 2.04. The fourth-order valence-electron chi connectivity index (χ4n) is 1.75. The van der Waals surface area contributed by atoms with Crippen LogP contribution in [0.15, 0.2) is 47.8 Å². The van der Waals surface area contributed by atoms with Crippen LogP contribution in [0.25, 0.3) is 16.9 Å². The van der Waals surface area contributed by atoms with Crippen molar-refractivity contribution in [1.29, 1.82) is 0 Å². The van der Waals surface area contributed by atoms with Crippen LogP contribution in [0.4, 0.5) is 0 Å². The van der Waals surface area contributed by atoms with Gasteiger partial charge < -0.3 is 4.57 Å². The normalized spacial score (nSPS) is 10.9. The van der Waals surface area contributed by atoms with Gasteiger partial charge in [0.25, 0.3) is 5.56 Å². The summed E-state index contributed by atoms with van der Waals surface area (Å²) in [6.45, 7) is 0. The molecule has 0 unspecified atom stereocenters. The fraction of sp³-hybridized carbons (Fsp3) is 0.0833. The predicted octanol–water partition coefficient (Wildman–Crippen LogP) is 1.12. The van der Waals surface area contributed by atoms with E-state index in [9.17, 15) is 4.79 Å². The van der Waals surface area contributed by atoms with E-state index in [0.29, 0.717) is 11.2 Å². The van der Waals surface area contributed by atoms with Gasteiger partial charge in [-0.25, -0.2) is 9.97 Å². The van der Waals surface area contributed by atoms with E-state index in [0.717, 1.165) is 5.69 Å². The summed E-state index contributed by atoms with van der Waals surface area (Å²) in [5.74, 6) is 0. The van der Waals surface area contributed by atoms with E-state index < -0.39 is 0 Å². The van der Waals surface area contributed by atoms with Crippen molar-refractivity contribution in [2.75, 3.05) is 0 Å². The Morgan fingerprint density at radius 2 is 1.82 bits per heavy atom. The molecule has 3 aromatic rings. The van der Waals surface area contributed by atoms with Crippen molar-refractivity contribution in [3.8, 4) is 5.69 Å². The number of nitrogens with zero attached hydrogens (tertiary/aromatic N) is 4. The molecule has 5 nitrogen and oxygen atoms in total. The van der Waals surface area contributed by atoms with E-state index in [1.165, 1.54) is 10.9 Å². The van der Waals surface area contributed by atoms with Gasteiger partial charge in [0.1, 0.15) is 6.33 Å². The monoisotopic (exact) mass is 226 g/mol. The van der Waals surface area contributed by atoms with Crippen molar-refractivity contribution in [3.63, 3.8) is 0 Å². The van der Waals surface area contributed by atoms with Gasteiger partial charge in [0.2, 0.25) is 0 Å². The molecule has 0 N–H and O–H groups in total. The topological polar surface area (TPSA) is 52.7 Å². The highest BCUT2D eigenvalue weighted by atomic mass is 16.1. The molecule has 5 heteroatoms. The average molecular weight is 226 g/mol. The summed E-state index contributed by atoms with van der Waals surface area (Å²) in [4.78, 5) is 20.2. The first-order valence-corrected chi connectivity index (χ1v) is 5.21. The molecule has 0 saturated heterocycles. The van der Waals surface area contributed by atoms with E-state index in [4.69, 9.17) is 0 Å². The van der Waals surface area contributed by atoms with Gasteiger partial charge in [-0.05, 0) is 12.1 Å². The summed E-state index contributed by atoms with van der Waals surface area (Å²) in [5.41, 5.74) is 1.78. The molecule has 0 radical (unpaired) electrons. The molecule has 0 spiro atoms. The van der Waals surface area contributed by atoms with Crippen molar-refractivity contribution in [3.05, 3.63) is 53.3 Å². The van der Waals surface area contributed by atoms with Gasteiger partial charge in [0.05, 0.1) is 6.33 Å². The van der Waals surface area contributed by atoms with E-state index in [1.807, 2.05) is 30.3 Å². The Labute approximate surface area is 97.0 Å². The lowest BCUT2D eigenvalue weighted by Crippen LogP contribution is -2.17. The zero-order valence-corrected chi connectivity index (χ0v) is 9.24. The number of imidazole rings is 1. The summed E-state index contributed by atoms with van der Waals surface area (Å²) in [6, 6.07) is 9.69. The lowest BCUT2D eigenvalue weighted by molar-refractivity contribution is 0.837. The molecule has 0 aliphatic heterocycles. The highest BCUT2D eigenvalue weighted by Gasteiger charge is 2.09. The molecule has 3 rings (SSSR count). The molecule has 84 valence electrons. The number of aromatic nitrogens is 4. The smallest absolute Gasteiger partial charge is 0.281 e. The van der Waals surface area contributed by atoms with Gasteiger partial charge in [0, 0.05) is 12.7 Å². The first-order chi connectivity index (χ1) is 8.27. The van der Waals surface area contributed by atoms with Crippen LogP contribution in [0.1, 0.15) is 0 Å². The second-order valence-corrected chi connectivity index (χ2v) is 3.78. The largest absolute Gasteiger partial charge is 0.300 e. The first kappa shape index (κ1) is 9.77. The van der Waals surface area contributed by atoms with Crippen molar-refractivity contribution < 1.29 is 0 Å². The zero-order chi connectivity index (χ0) is 11.8. The second kappa shape index (κ2) is 3.55. The molecule has 2 heterocycles. The molecule has 0 amide bonds. The third-order valence-electron chi connectivity index (χ3n) is 2.65. The van der Waals surface area contributed by atoms with Gasteiger partial charge in [-0.15, -0.1) is 0 Å². The lowest BCUT2D eigenvalue weighted by Gasteiger charge is -2.02. The standard InChI is InChI=1S/C12H10N4O/c1-15-7-14-11-10(12(15)17)13-8-16(11)9-5-3-2-4-6-9/h2-8H,1H3. The number of rotatable bonds is 1. The number of benzene rings is 1. The summed E-state index contributed by atoms with van der Waals surface area (Å²) < 4.78 is 3.22. The third kappa shape index (κ3) is 1.44. The molecule has 0 atom stereocenters. The van der Waals surface area contributed by atoms with Crippen LogP contribution >= 0.6 is 0 Å². The van der Waals surface area contributed by atoms with Gasteiger partial charge in [-0.1, -0.05) is 18.2 Å². The molecule has 0 aliphatic rings. The van der Waals surface area contributed by atoms with E-state index in [-0.39, 0.29) is 5.56 Å². The van der Waals surface area contributed by atoms with E-state index in [1.54, 1.807) is 17.9 Å². The van der Waals surface area contributed by atoms with Crippen molar-refractivity contribution in [1.82, 2.24) is 19.1 Å². The molecular formula is C12H10N4O. The Bertz CT molecular complexity index is 727. The van der Waals surface area contributed by atoms with Gasteiger partial charge >= 0.3 is 0 Å². The Balaban J connectivity index is 2.34. The molecule has 1 aromatic carbocycles. The van der Waals surface area contributed by atoms with Crippen LogP contribution in [0.2, 0.25) is 0 Å². The Morgan fingerprint density at radius 1 is 1.06 bits per heavy atom. The molecule has 2 aromatic heterocycles. The Hall–Kier alpha value is -2.43. The molecule has 0 aliphatic carbocycles.